The molecule has 0 aromatic carbocycles. The summed E-state index contributed by atoms with van der Waals surface area (Å²) in [7, 11) is 1.63. The number of alkyl halides is 1. The first-order valence-electron chi connectivity index (χ1n) is 4.39. The molecule has 0 fully saturated rings. The van der Waals surface area contributed by atoms with Crippen LogP contribution in [0.3, 0.4) is 0 Å². The molecule has 0 bridgehead atoms. The van der Waals surface area contributed by atoms with E-state index in [1.54, 1.807) is 13.3 Å². The van der Waals surface area contributed by atoms with Gasteiger partial charge in [-0.1, -0.05) is 0 Å². The van der Waals surface area contributed by atoms with Crippen molar-refractivity contribution >= 4 is 11.6 Å². The highest BCUT2D eigenvalue weighted by atomic mass is 35.5. The predicted molar refractivity (Wildman–Crippen MR) is 52.3 cm³/mol. The van der Waals surface area contributed by atoms with Crippen LogP contribution in [0.15, 0.2) is 10.6 Å². The second-order valence-electron chi connectivity index (χ2n) is 2.83. The zero-order valence-electron chi connectivity index (χ0n) is 8.33. The van der Waals surface area contributed by atoms with E-state index in [2.05, 4.69) is 4.98 Å². The summed E-state index contributed by atoms with van der Waals surface area (Å²) in [5.74, 6) is 1.21. The number of nitrogens with zero attached hydrogens (tertiary/aromatic N) is 1. The minimum absolute atomic E-state index is 0.206. The molecule has 14 heavy (non-hydrogen) atoms. The molecule has 0 aliphatic heterocycles. The van der Waals surface area contributed by atoms with Crippen LogP contribution in [0.25, 0.3) is 0 Å². The molecule has 1 rings (SSSR count). The van der Waals surface area contributed by atoms with Crippen LogP contribution >= 0.6 is 11.6 Å². The van der Waals surface area contributed by atoms with Crippen molar-refractivity contribution in [3.8, 4) is 0 Å². The Hall–Kier alpha value is -0.580. The number of hydrogen-bond acceptors (Lipinski definition) is 4. The highest BCUT2D eigenvalue weighted by Crippen LogP contribution is 2.18. The summed E-state index contributed by atoms with van der Waals surface area (Å²) in [5, 5.41) is -0.206. The number of methoxy groups -OCH3 is 1. The van der Waals surface area contributed by atoms with Gasteiger partial charge in [0.05, 0.1) is 19.4 Å². The molecule has 0 aliphatic rings. The Morgan fingerprint density at radius 3 is 2.93 bits per heavy atom. The van der Waals surface area contributed by atoms with Crippen LogP contribution in [0.1, 0.15) is 24.0 Å². The quantitative estimate of drug-likeness (QED) is 0.543. The molecule has 1 atom stereocenters. The third kappa shape index (κ3) is 3.65. The van der Waals surface area contributed by atoms with Crippen molar-refractivity contribution in [2.24, 2.45) is 0 Å². The highest BCUT2D eigenvalue weighted by Gasteiger charge is 2.08. The van der Waals surface area contributed by atoms with Gasteiger partial charge in [0.25, 0.3) is 0 Å². The molecule has 0 radical (unpaired) electrons. The standard InChI is InChI=1S/C9H14ClNO3/c1-7(10)9-11-5-8(14-9)6-13-4-3-12-2/h5,7H,3-4,6H2,1-2H3. The van der Waals surface area contributed by atoms with Crippen LogP contribution < -0.4 is 0 Å². The van der Waals surface area contributed by atoms with Crippen LogP contribution in [0.4, 0.5) is 0 Å². The third-order valence-corrected chi connectivity index (χ3v) is 1.77. The van der Waals surface area contributed by atoms with E-state index < -0.39 is 0 Å². The summed E-state index contributed by atoms with van der Waals surface area (Å²) in [6.07, 6.45) is 1.63. The summed E-state index contributed by atoms with van der Waals surface area (Å²) in [5.41, 5.74) is 0. The van der Waals surface area contributed by atoms with E-state index in [1.807, 2.05) is 6.92 Å². The van der Waals surface area contributed by atoms with E-state index in [1.165, 1.54) is 0 Å². The van der Waals surface area contributed by atoms with Gasteiger partial charge in [-0.15, -0.1) is 11.6 Å². The molecule has 4 nitrogen and oxygen atoms in total. The smallest absolute Gasteiger partial charge is 0.212 e. The molecule has 5 heteroatoms. The van der Waals surface area contributed by atoms with Crippen molar-refractivity contribution in [2.75, 3.05) is 20.3 Å². The van der Waals surface area contributed by atoms with Crippen molar-refractivity contribution in [3.63, 3.8) is 0 Å². The van der Waals surface area contributed by atoms with Gasteiger partial charge in [0.2, 0.25) is 5.89 Å². The minimum Gasteiger partial charge on any atom is -0.442 e. The highest BCUT2D eigenvalue weighted by molar-refractivity contribution is 6.20. The number of halogens is 1. The molecule has 0 spiro atoms. The van der Waals surface area contributed by atoms with Crippen molar-refractivity contribution in [1.29, 1.82) is 0 Å². The van der Waals surface area contributed by atoms with E-state index >= 15 is 0 Å². The molecular weight excluding hydrogens is 206 g/mol. The van der Waals surface area contributed by atoms with Crippen LogP contribution in [0.5, 0.6) is 0 Å². The van der Waals surface area contributed by atoms with Gasteiger partial charge in [-0.3, -0.25) is 0 Å². The van der Waals surface area contributed by atoms with E-state index in [-0.39, 0.29) is 5.38 Å². The lowest BCUT2D eigenvalue weighted by molar-refractivity contribution is 0.0534. The Morgan fingerprint density at radius 1 is 1.57 bits per heavy atom. The van der Waals surface area contributed by atoms with E-state index in [9.17, 15) is 0 Å². The van der Waals surface area contributed by atoms with Gasteiger partial charge in [-0.05, 0) is 6.92 Å². The molecule has 1 heterocycles. The number of aromatic nitrogens is 1. The molecule has 1 aromatic rings. The average Bonchev–Trinajstić information content (AvgIpc) is 2.61. The topological polar surface area (TPSA) is 44.5 Å². The van der Waals surface area contributed by atoms with Gasteiger partial charge in [-0.25, -0.2) is 4.98 Å². The Balaban J connectivity index is 2.29. The van der Waals surface area contributed by atoms with Gasteiger partial charge in [-0.2, -0.15) is 0 Å². The SMILES string of the molecule is COCCOCc1cnc(C(C)Cl)o1. The number of ether oxygens (including phenoxy) is 2. The fourth-order valence-electron chi connectivity index (χ4n) is 0.888. The fourth-order valence-corrected chi connectivity index (χ4v) is 0.989. The normalized spacial score (nSPS) is 13.1. The van der Waals surface area contributed by atoms with E-state index in [0.29, 0.717) is 31.5 Å². The van der Waals surface area contributed by atoms with Gasteiger partial charge in [0.15, 0.2) is 0 Å². The number of rotatable bonds is 6. The molecule has 0 saturated carbocycles. The van der Waals surface area contributed by atoms with Crippen molar-refractivity contribution in [3.05, 3.63) is 17.8 Å². The van der Waals surface area contributed by atoms with Gasteiger partial charge < -0.3 is 13.9 Å². The minimum atomic E-state index is -0.206. The second-order valence-corrected chi connectivity index (χ2v) is 3.48. The summed E-state index contributed by atoms with van der Waals surface area (Å²) >= 11 is 5.78. The van der Waals surface area contributed by atoms with E-state index in [0.717, 1.165) is 0 Å². The maximum absolute atomic E-state index is 5.78. The van der Waals surface area contributed by atoms with Crippen molar-refractivity contribution in [1.82, 2.24) is 4.98 Å². The summed E-state index contributed by atoms with van der Waals surface area (Å²) in [4.78, 5) is 4.00. The Bertz CT molecular complexity index is 262. The predicted octanol–water partition coefficient (Wildman–Crippen LogP) is 2.14. The first-order chi connectivity index (χ1) is 6.74. The largest absolute Gasteiger partial charge is 0.442 e. The number of oxazole rings is 1. The molecule has 0 aliphatic carbocycles. The zero-order valence-corrected chi connectivity index (χ0v) is 9.08. The zero-order chi connectivity index (χ0) is 10.4. The Morgan fingerprint density at radius 2 is 2.36 bits per heavy atom. The lowest BCUT2D eigenvalue weighted by Crippen LogP contribution is -2.01. The van der Waals surface area contributed by atoms with E-state index in [4.69, 9.17) is 25.5 Å². The van der Waals surface area contributed by atoms with Gasteiger partial charge >= 0.3 is 0 Å². The van der Waals surface area contributed by atoms with Crippen molar-refractivity contribution in [2.45, 2.75) is 18.9 Å². The molecular formula is C9H14ClNO3. The lowest BCUT2D eigenvalue weighted by atomic mass is 10.5. The second kappa shape index (κ2) is 6.01. The number of hydrogen-bond donors (Lipinski definition) is 0. The van der Waals surface area contributed by atoms with Gasteiger partial charge in [0.1, 0.15) is 17.7 Å². The first kappa shape index (κ1) is 11.5. The molecule has 1 aromatic heterocycles. The van der Waals surface area contributed by atoms with Crippen LogP contribution in [0.2, 0.25) is 0 Å². The molecule has 80 valence electrons. The first-order valence-corrected chi connectivity index (χ1v) is 4.83. The summed E-state index contributed by atoms with van der Waals surface area (Å²) < 4.78 is 15.4. The van der Waals surface area contributed by atoms with Crippen LogP contribution in [0, 0.1) is 0 Å². The Kier molecular flexibility index (Phi) is 4.93. The van der Waals surface area contributed by atoms with Crippen LogP contribution in [-0.4, -0.2) is 25.3 Å². The molecule has 0 saturated heterocycles. The van der Waals surface area contributed by atoms with Gasteiger partial charge in [0, 0.05) is 7.11 Å². The maximum atomic E-state index is 5.78. The fraction of sp³-hybridized carbons (Fsp3) is 0.667. The molecule has 1 unspecified atom stereocenters. The average molecular weight is 220 g/mol. The van der Waals surface area contributed by atoms with Crippen LogP contribution in [-0.2, 0) is 16.1 Å². The third-order valence-electron chi connectivity index (χ3n) is 1.59. The van der Waals surface area contributed by atoms with Crippen molar-refractivity contribution < 1.29 is 13.9 Å². The Labute approximate surface area is 88.2 Å². The maximum Gasteiger partial charge on any atom is 0.212 e. The monoisotopic (exact) mass is 219 g/mol. The molecule has 0 amide bonds. The summed E-state index contributed by atoms with van der Waals surface area (Å²) in [6.45, 7) is 3.33. The summed E-state index contributed by atoms with van der Waals surface area (Å²) in [6, 6.07) is 0. The molecule has 0 N–H and O–H groups in total. The lowest BCUT2D eigenvalue weighted by Gasteiger charge is -2.00.